The molecule has 3 heteroatoms. The number of methoxy groups -OCH3 is 1. The fourth-order valence-electron chi connectivity index (χ4n) is 1.92. The monoisotopic (exact) mass is 235 g/mol. The molecule has 0 aromatic heterocycles. The van der Waals surface area contributed by atoms with Crippen LogP contribution in [0, 0.1) is 0 Å². The van der Waals surface area contributed by atoms with Crippen molar-refractivity contribution in [2.24, 2.45) is 5.73 Å². The zero-order valence-corrected chi connectivity index (χ0v) is 10.4. The van der Waals surface area contributed by atoms with Crippen LogP contribution in [-0.2, 0) is 9.53 Å². The zero-order valence-electron chi connectivity index (χ0n) is 10.4. The van der Waals surface area contributed by atoms with Gasteiger partial charge in [0.2, 0.25) is 0 Å². The van der Waals surface area contributed by atoms with E-state index in [1.54, 1.807) is 0 Å². The quantitative estimate of drug-likeness (QED) is 0.583. The van der Waals surface area contributed by atoms with Crippen LogP contribution in [0.5, 0.6) is 0 Å². The summed E-state index contributed by atoms with van der Waals surface area (Å²) in [7, 11) is 1.44. The van der Waals surface area contributed by atoms with E-state index in [0.29, 0.717) is 6.54 Å². The predicted molar refractivity (Wildman–Crippen MR) is 68.7 cm³/mol. The lowest BCUT2D eigenvalue weighted by Gasteiger charge is -2.14. The molecular formula is C14H21NO2. The van der Waals surface area contributed by atoms with E-state index in [1.807, 2.05) is 30.3 Å². The second-order valence-electron chi connectivity index (χ2n) is 4.12. The van der Waals surface area contributed by atoms with E-state index < -0.39 is 0 Å². The summed E-state index contributed by atoms with van der Waals surface area (Å²) in [5, 5.41) is 0. The van der Waals surface area contributed by atoms with Gasteiger partial charge in [0.25, 0.3) is 0 Å². The van der Waals surface area contributed by atoms with E-state index in [2.05, 4.69) is 0 Å². The number of ether oxygens (including phenoxy) is 1. The maximum absolute atomic E-state index is 11.7. The molecule has 0 fully saturated rings. The van der Waals surface area contributed by atoms with Crippen LogP contribution < -0.4 is 5.73 Å². The molecule has 0 saturated carbocycles. The van der Waals surface area contributed by atoms with Crippen LogP contribution in [-0.4, -0.2) is 19.6 Å². The molecule has 0 spiro atoms. The summed E-state index contributed by atoms with van der Waals surface area (Å²) in [6, 6.07) is 9.80. The lowest BCUT2D eigenvalue weighted by Crippen LogP contribution is -2.14. The Balaban J connectivity index is 2.59. The van der Waals surface area contributed by atoms with E-state index in [4.69, 9.17) is 10.5 Å². The number of carbonyl (C=O) groups is 1. The van der Waals surface area contributed by atoms with Crippen molar-refractivity contribution in [2.45, 2.75) is 31.6 Å². The van der Waals surface area contributed by atoms with Gasteiger partial charge in [0.1, 0.15) is 0 Å². The SMILES string of the molecule is COC(=O)[C@@H](CCCCCN)c1ccccc1. The van der Waals surface area contributed by atoms with Crippen molar-refractivity contribution in [3.05, 3.63) is 35.9 Å². The maximum atomic E-state index is 11.7. The molecule has 0 saturated heterocycles. The first-order chi connectivity index (χ1) is 8.29. The third-order valence-corrected chi connectivity index (χ3v) is 2.88. The zero-order chi connectivity index (χ0) is 12.5. The molecule has 1 rings (SSSR count). The fraction of sp³-hybridized carbons (Fsp3) is 0.500. The number of hydrogen-bond acceptors (Lipinski definition) is 3. The predicted octanol–water partition coefficient (Wildman–Crippen LogP) is 2.46. The number of nitrogens with two attached hydrogens (primary N) is 1. The molecule has 1 atom stereocenters. The molecule has 0 unspecified atom stereocenters. The Kier molecular flexibility index (Phi) is 6.33. The first-order valence-electron chi connectivity index (χ1n) is 6.12. The molecule has 0 aliphatic carbocycles. The van der Waals surface area contributed by atoms with Gasteiger partial charge in [-0.3, -0.25) is 4.79 Å². The average Bonchev–Trinajstić information content (AvgIpc) is 2.39. The Labute approximate surface area is 103 Å². The van der Waals surface area contributed by atoms with Gasteiger partial charge in [-0.05, 0) is 24.9 Å². The van der Waals surface area contributed by atoms with Crippen molar-refractivity contribution in [1.29, 1.82) is 0 Å². The molecule has 0 radical (unpaired) electrons. The minimum Gasteiger partial charge on any atom is -0.469 e. The summed E-state index contributed by atoms with van der Waals surface area (Å²) in [5.74, 6) is -0.289. The second kappa shape index (κ2) is 7.85. The van der Waals surface area contributed by atoms with E-state index in [-0.39, 0.29) is 11.9 Å². The molecule has 3 nitrogen and oxygen atoms in total. The van der Waals surface area contributed by atoms with Crippen LogP contribution >= 0.6 is 0 Å². The topological polar surface area (TPSA) is 52.3 Å². The van der Waals surface area contributed by atoms with Crippen LogP contribution in [0.15, 0.2) is 30.3 Å². The summed E-state index contributed by atoms with van der Waals surface area (Å²) in [5.41, 5.74) is 6.49. The van der Waals surface area contributed by atoms with Crippen LogP contribution in [0.3, 0.4) is 0 Å². The minimum atomic E-state index is -0.149. The standard InChI is InChI=1S/C14H21NO2/c1-17-14(16)13(10-6-3-7-11-15)12-8-4-2-5-9-12/h2,4-5,8-9,13H,3,6-7,10-11,15H2,1H3/t13-/m0/s1. The average molecular weight is 235 g/mol. The Hall–Kier alpha value is -1.35. The number of unbranched alkanes of at least 4 members (excludes halogenated alkanes) is 2. The molecular weight excluding hydrogens is 214 g/mol. The smallest absolute Gasteiger partial charge is 0.313 e. The molecule has 17 heavy (non-hydrogen) atoms. The van der Waals surface area contributed by atoms with Gasteiger partial charge < -0.3 is 10.5 Å². The first kappa shape index (κ1) is 13.7. The van der Waals surface area contributed by atoms with Gasteiger partial charge >= 0.3 is 5.97 Å². The molecule has 0 aliphatic heterocycles. The summed E-state index contributed by atoms with van der Waals surface area (Å²) >= 11 is 0. The lowest BCUT2D eigenvalue weighted by molar-refractivity contribution is -0.142. The van der Waals surface area contributed by atoms with E-state index in [0.717, 1.165) is 31.2 Å². The second-order valence-corrected chi connectivity index (χ2v) is 4.12. The maximum Gasteiger partial charge on any atom is 0.313 e. The summed E-state index contributed by atoms with van der Waals surface area (Å²) < 4.78 is 4.86. The molecule has 94 valence electrons. The summed E-state index contributed by atoms with van der Waals surface area (Å²) in [4.78, 5) is 11.7. The molecule has 0 amide bonds. The van der Waals surface area contributed by atoms with Crippen molar-refractivity contribution in [2.75, 3.05) is 13.7 Å². The van der Waals surface area contributed by atoms with Gasteiger partial charge in [-0.15, -0.1) is 0 Å². The number of esters is 1. The molecule has 0 bridgehead atoms. The largest absolute Gasteiger partial charge is 0.469 e. The Morgan fingerprint density at radius 3 is 2.53 bits per heavy atom. The Morgan fingerprint density at radius 2 is 1.94 bits per heavy atom. The van der Waals surface area contributed by atoms with Crippen molar-refractivity contribution in [1.82, 2.24) is 0 Å². The van der Waals surface area contributed by atoms with Gasteiger partial charge in [0.05, 0.1) is 13.0 Å². The molecule has 0 heterocycles. The number of carbonyl (C=O) groups excluding carboxylic acids is 1. The highest BCUT2D eigenvalue weighted by atomic mass is 16.5. The normalized spacial score (nSPS) is 12.1. The summed E-state index contributed by atoms with van der Waals surface area (Å²) in [6.45, 7) is 0.716. The van der Waals surface area contributed by atoms with Gasteiger partial charge in [0.15, 0.2) is 0 Å². The number of rotatable bonds is 7. The van der Waals surface area contributed by atoms with Crippen molar-refractivity contribution < 1.29 is 9.53 Å². The number of hydrogen-bond donors (Lipinski definition) is 1. The van der Waals surface area contributed by atoms with Gasteiger partial charge in [-0.2, -0.15) is 0 Å². The first-order valence-corrected chi connectivity index (χ1v) is 6.12. The van der Waals surface area contributed by atoms with Crippen molar-refractivity contribution in [3.8, 4) is 0 Å². The lowest BCUT2D eigenvalue weighted by atomic mass is 9.93. The highest BCUT2D eigenvalue weighted by molar-refractivity contribution is 5.77. The molecule has 1 aromatic carbocycles. The van der Waals surface area contributed by atoms with Crippen LogP contribution in [0.1, 0.15) is 37.2 Å². The van der Waals surface area contributed by atoms with Gasteiger partial charge in [0, 0.05) is 0 Å². The van der Waals surface area contributed by atoms with Crippen molar-refractivity contribution >= 4 is 5.97 Å². The minimum absolute atomic E-state index is 0.140. The third kappa shape index (κ3) is 4.57. The van der Waals surface area contributed by atoms with E-state index in [9.17, 15) is 4.79 Å². The Morgan fingerprint density at radius 1 is 1.24 bits per heavy atom. The molecule has 2 N–H and O–H groups in total. The summed E-state index contributed by atoms with van der Waals surface area (Å²) in [6.07, 6.45) is 3.92. The van der Waals surface area contributed by atoms with Crippen LogP contribution in [0.25, 0.3) is 0 Å². The van der Waals surface area contributed by atoms with Crippen LogP contribution in [0.2, 0.25) is 0 Å². The number of benzene rings is 1. The molecule has 1 aromatic rings. The highest BCUT2D eigenvalue weighted by Crippen LogP contribution is 2.23. The van der Waals surface area contributed by atoms with Crippen LogP contribution in [0.4, 0.5) is 0 Å². The third-order valence-electron chi connectivity index (χ3n) is 2.88. The van der Waals surface area contributed by atoms with E-state index >= 15 is 0 Å². The van der Waals surface area contributed by atoms with Gasteiger partial charge in [-0.1, -0.05) is 43.2 Å². The van der Waals surface area contributed by atoms with Gasteiger partial charge in [-0.25, -0.2) is 0 Å². The molecule has 0 aliphatic rings. The Bertz CT molecular complexity index is 324. The van der Waals surface area contributed by atoms with Crippen molar-refractivity contribution in [3.63, 3.8) is 0 Å². The van der Waals surface area contributed by atoms with E-state index in [1.165, 1.54) is 7.11 Å². The fourth-order valence-corrected chi connectivity index (χ4v) is 1.92. The highest BCUT2D eigenvalue weighted by Gasteiger charge is 2.20.